The SMILES string of the molecule is C[C@@H]1CN([C@@H](C)CO)C(=O)c2cc(NC(=O)Nc3cccc4ccccc34)ccc2O[C@@H]1CN(C)Cc1ccc(C(=O)Nc2ccccc2N)cc1. The van der Waals surface area contributed by atoms with Gasteiger partial charge in [-0.3, -0.25) is 14.5 Å². The summed E-state index contributed by atoms with van der Waals surface area (Å²) in [6.45, 7) is 5.15. The zero-order valence-electron chi connectivity index (χ0n) is 29.5. The second kappa shape index (κ2) is 16.0. The normalized spacial score (nSPS) is 16.3. The molecular formula is C41H44N6O5. The lowest BCUT2D eigenvalue weighted by molar-refractivity contribution is 0.0341. The average molecular weight is 701 g/mol. The molecule has 6 rings (SSSR count). The van der Waals surface area contributed by atoms with Crippen LogP contribution in [-0.4, -0.2) is 71.6 Å². The van der Waals surface area contributed by atoms with Crippen molar-refractivity contribution in [2.75, 3.05) is 48.4 Å². The first-order valence-corrected chi connectivity index (χ1v) is 17.3. The van der Waals surface area contributed by atoms with Crippen LogP contribution in [0.5, 0.6) is 5.75 Å². The summed E-state index contributed by atoms with van der Waals surface area (Å²) >= 11 is 0. The largest absolute Gasteiger partial charge is 0.488 e. The van der Waals surface area contributed by atoms with E-state index in [0.29, 0.717) is 59.3 Å². The number of carbonyl (C=O) groups is 3. The maximum Gasteiger partial charge on any atom is 0.323 e. The zero-order valence-corrected chi connectivity index (χ0v) is 29.5. The lowest BCUT2D eigenvalue weighted by Gasteiger charge is -2.38. The standard InChI is InChI=1S/C41H44N6O5/c1-26-22-47(27(2)25-48)40(50)33-21-31(43-41(51)45-35-14-8-10-29-9-4-5-11-32(29)35)19-20-37(33)52-38(26)24-46(3)23-28-15-17-30(18-16-28)39(49)44-36-13-7-6-12-34(36)42/h4-21,26-27,38,48H,22-25,42H2,1-3H3,(H,44,49)(H2,43,45,51)/t26-,27+,38-/m1/s1. The Bertz CT molecular complexity index is 2060. The molecule has 1 aliphatic rings. The molecule has 0 aliphatic carbocycles. The molecule has 5 aromatic carbocycles. The molecule has 0 fully saturated rings. The highest BCUT2D eigenvalue weighted by molar-refractivity contribution is 6.07. The van der Waals surface area contributed by atoms with Crippen molar-refractivity contribution in [2.45, 2.75) is 32.5 Å². The number of aliphatic hydroxyl groups is 1. The smallest absolute Gasteiger partial charge is 0.323 e. The fourth-order valence-electron chi connectivity index (χ4n) is 6.39. The van der Waals surface area contributed by atoms with Gasteiger partial charge >= 0.3 is 6.03 Å². The maximum atomic E-state index is 13.9. The molecule has 0 saturated carbocycles. The fourth-order valence-corrected chi connectivity index (χ4v) is 6.39. The van der Waals surface area contributed by atoms with Gasteiger partial charge in [-0.05, 0) is 73.5 Å². The van der Waals surface area contributed by atoms with Gasteiger partial charge in [0.1, 0.15) is 11.9 Å². The molecule has 0 bridgehead atoms. The third-order valence-corrected chi connectivity index (χ3v) is 9.33. The topological polar surface area (TPSA) is 149 Å². The molecule has 268 valence electrons. The minimum absolute atomic E-state index is 0.0747. The molecule has 11 heteroatoms. The highest BCUT2D eigenvalue weighted by Gasteiger charge is 2.33. The Labute approximate surface area is 303 Å². The lowest BCUT2D eigenvalue weighted by atomic mass is 9.99. The number of nitrogens with two attached hydrogens (primary N) is 1. The number of nitrogens with zero attached hydrogens (tertiary/aromatic N) is 2. The molecule has 0 aromatic heterocycles. The molecule has 4 amide bonds. The summed E-state index contributed by atoms with van der Waals surface area (Å²) in [7, 11) is 2.00. The first-order chi connectivity index (χ1) is 25.1. The van der Waals surface area contributed by atoms with Crippen LogP contribution in [0.25, 0.3) is 10.8 Å². The van der Waals surface area contributed by atoms with E-state index in [4.69, 9.17) is 10.5 Å². The van der Waals surface area contributed by atoms with Gasteiger partial charge in [0, 0.05) is 42.2 Å². The van der Waals surface area contributed by atoms with Gasteiger partial charge in [-0.1, -0.05) is 67.6 Å². The monoisotopic (exact) mass is 700 g/mol. The number of hydrogen-bond acceptors (Lipinski definition) is 7. The van der Waals surface area contributed by atoms with Gasteiger partial charge in [0.25, 0.3) is 11.8 Å². The molecule has 0 spiro atoms. The molecule has 0 radical (unpaired) electrons. The van der Waals surface area contributed by atoms with Crippen molar-refractivity contribution in [2.24, 2.45) is 5.92 Å². The Morgan fingerprint density at radius 2 is 1.63 bits per heavy atom. The number of ether oxygens (including phenoxy) is 1. The van der Waals surface area contributed by atoms with Crippen LogP contribution in [0.3, 0.4) is 0 Å². The van der Waals surface area contributed by atoms with E-state index in [9.17, 15) is 19.5 Å². The van der Waals surface area contributed by atoms with Crippen molar-refractivity contribution in [1.82, 2.24) is 9.80 Å². The van der Waals surface area contributed by atoms with Crippen molar-refractivity contribution < 1.29 is 24.2 Å². The molecule has 5 aromatic rings. The lowest BCUT2D eigenvalue weighted by Crippen LogP contribution is -2.49. The summed E-state index contributed by atoms with van der Waals surface area (Å²) in [4.78, 5) is 43.7. The number of anilines is 4. The summed E-state index contributed by atoms with van der Waals surface area (Å²) in [5.41, 5.74) is 9.97. The molecular weight excluding hydrogens is 656 g/mol. The van der Waals surface area contributed by atoms with E-state index in [1.807, 2.05) is 87.6 Å². The Balaban J connectivity index is 1.15. The predicted molar refractivity (Wildman–Crippen MR) is 206 cm³/mol. The van der Waals surface area contributed by atoms with Crippen LogP contribution in [0.2, 0.25) is 0 Å². The van der Waals surface area contributed by atoms with E-state index < -0.39 is 12.1 Å². The number of carbonyl (C=O) groups excluding carboxylic acids is 3. The summed E-state index contributed by atoms with van der Waals surface area (Å²) in [5, 5.41) is 20.6. The third-order valence-electron chi connectivity index (χ3n) is 9.33. The van der Waals surface area contributed by atoms with E-state index in [1.165, 1.54) is 0 Å². The fraction of sp³-hybridized carbons (Fsp3) is 0.244. The van der Waals surface area contributed by atoms with Crippen molar-refractivity contribution in [3.63, 3.8) is 0 Å². The molecule has 52 heavy (non-hydrogen) atoms. The summed E-state index contributed by atoms with van der Waals surface area (Å²) in [6.07, 6.45) is -0.305. The summed E-state index contributed by atoms with van der Waals surface area (Å²) in [5.74, 6) is -0.200. The molecule has 6 N–H and O–H groups in total. The van der Waals surface area contributed by atoms with Crippen LogP contribution in [0, 0.1) is 5.92 Å². The molecule has 1 aliphatic heterocycles. The summed E-state index contributed by atoms with van der Waals surface area (Å²) < 4.78 is 6.57. The predicted octanol–water partition coefficient (Wildman–Crippen LogP) is 6.67. The highest BCUT2D eigenvalue weighted by Crippen LogP contribution is 2.31. The summed E-state index contributed by atoms with van der Waals surface area (Å²) in [6, 6.07) is 32.2. The Hall–Kier alpha value is -5.91. The number of para-hydroxylation sites is 2. The van der Waals surface area contributed by atoms with Gasteiger partial charge in [0.2, 0.25) is 0 Å². The van der Waals surface area contributed by atoms with Crippen LogP contribution in [0.4, 0.5) is 27.5 Å². The van der Waals surface area contributed by atoms with Crippen molar-refractivity contribution >= 4 is 51.4 Å². The number of benzene rings is 5. The number of likely N-dealkylation sites (N-methyl/N-ethyl adjacent to an activating group) is 1. The minimum atomic E-state index is -0.446. The van der Waals surface area contributed by atoms with Gasteiger partial charge in [-0.25, -0.2) is 4.79 Å². The van der Waals surface area contributed by atoms with Gasteiger partial charge in [-0.15, -0.1) is 0 Å². The highest BCUT2D eigenvalue weighted by atomic mass is 16.5. The number of amides is 4. The molecule has 0 unspecified atom stereocenters. The Kier molecular flexibility index (Phi) is 11.0. The zero-order chi connectivity index (χ0) is 36.8. The van der Waals surface area contributed by atoms with Crippen molar-refractivity contribution in [3.05, 3.63) is 126 Å². The first kappa shape index (κ1) is 35.9. The number of hydrogen-bond donors (Lipinski definition) is 5. The second-order valence-electron chi connectivity index (χ2n) is 13.4. The van der Waals surface area contributed by atoms with Crippen LogP contribution in [0.15, 0.2) is 109 Å². The van der Waals surface area contributed by atoms with E-state index >= 15 is 0 Å². The Morgan fingerprint density at radius 1 is 0.923 bits per heavy atom. The number of nitrogens with one attached hydrogen (secondary N) is 3. The molecule has 11 nitrogen and oxygen atoms in total. The molecule has 0 saturated heterocycles. The number of nitrogen functional groups attached to an aromatic ring is 1. The quantitative estimate of drug-likeness (QED) is 0.102. The Morgan fingerprint density at radius 3 is 2.40 bits per heavy atom. The van der Waals surface area contributed by atoms with Crippen LogP contribution < -0.4 is 26.4 Å². The van der Waals surface area contributed by atoms with Gasteiger partial charge in [0.05, 0.1) is 35.3 Å². The maximum absolute atomic E-state index is 13.9. The van der Waals surface area contributed by atoms with Crippen LogP contribution in [-0.2, 0) is 6.54 Å². The van der Waals surface area contributed by atoms with Crippen molar-refractivity contribution in [1.29, 1.82) is 0 Å². The third kappa shape index (κ3) is 8.34. The van der Waals surface area contributed by atoms with Crippen LogP contribution >= 0.6 is 0 Å². The second-order valence-corrected chi connectivity index (χ2v) is 13.4. The van der Waals surface area contributed by atoms with Crippen molar-refractivity contribution in [3.8, 4) is 5.75 Å². The number of urea groups is 1. The number of rotatable bonds is 10. The number of fused-ring (bicyclic) bond motifs is 2. The van der Waals surface area contributed by atoms with E-state index in [0.717, 1.165) is 16.3 Å². The molecule has 1 heterocycles. The minimum Gasteiger partial charge on any atom is -0.488 e. The van der Waals surface area contributed by atoms with E-state index in [1.54, 1.807) is 47.4 Å². The van der Waals surface area contributed by atoms with E-state index in [-0.39, 0.29) is 30.4 Å². The van der Waals surface area contributed by atoms with Gasteiger partial charge < -0.3 is 36.4 Å². The average Bonchev–Trinajstić information content (AvgIpc) is 3.14. The van der Waals surface area contributed by atoms with E-state index in [2.05, 4.69) is 20.9 Å². The van der Waals surface area contributed by atoms with Gasteiger partial charge in [0.15, 0.2) is 0 Å². The number of aliphatic hydroxyl groups excluding tert-OH is 1. The first-order valence-electron chi connectivity index (χ1n) is 17.3. The van der Waals surface area contributed by atoms with Crippen LogP contribution in [0.1, 0.15) is 40.1 Å². The molecule has 3 atom stereocenters. The van der Waals surface area contributed by atoms with Gasteiger partial charge in [-0.2, -0.15) is 0 Å².